The van der Waals surface area contributed by atoms with Crippen LogP contribution in [-0.4, -0.2) is 69.5 Å². The van der Waals surface area contributed by atoms with E-state index in [0.29, 0.717) is 19.3 Å². The minimum atomic E-state index is -0.0999. The first kappa shape index (κ1) is 47.2. The van der Waals surface area contributed by atoms with Crippen LogP contribution in [0.25, 0.3) is 0 Å². The molecule has 1 aromatic rings. The Morgan fingerprint density at radius 1 is 0.456 bits per heavy atom. The maximum Gasteiger partial charge on any atom is 0.306 e. The summed E-state index contributed by atoms with van der Waals surface area (Å²) in [7, 11) is 0. The van der Waals surface area contributed by atoms with Crippen LogP contribution in [-0.2, 0) is 47.9 Å². The third kappa shape index (κ3) is 17.0. The maximum atomic E-state index is 12.9. The smallest absolute Gasteiger partial charge is 0.306 e. The number of carbonyl (C=O) groups is 3. The number of hydrogen-bond donors (Lipinski definition) is 3. The molecule has 0 unspecified atom stereocenters. The molecule has 0 bridgehead atoms. The summed E-state index contributed by atoms with van der Waals surface area (Å²) >= 11 is 0. The first-order chi connectivity index (χ1) is 26.3. The minimum Gasteiger partial charge on any atom is -0.462 e. The molecule has 0 aromatic heterocycles. The topological polar surface area (TPSA) is 115 Å². The van der Waals surface area contributed by atoms with E-state index in [0.717, 1.165) is 96.3 Å². The Bertz CT molecular complexity index is 1460. The zero-order chi connectivity index (χ0) is 42.3. The Hall–Kier alpha value is -2.49. The fourth-order valence-corrected chi connectivity index (χ4v) is 10.7. The third-order valence-corrected chi connectivity index (χ3v) is 11.9. The molecule has 3 heterocycles. The summed E-state index contributed by atoms with van der Waals surface area (Å²) in [6.07, 6.45) is 13.9. The fourth-order valence-electron chi connectivity index (χ4n) is 10.7. The first-order valence-corrected chi connectivity index (χ1v) is 22.4. The van der Waals surface area contributed by atoms with Crippen LogP contribution >= 0.6 is 0 Å². The quantitative estimate of drug-likeness (QED) is 0.0760. The minimum absolute atomic E-state index is 0.0514. The van der Waals surface area contributed by atoms with Crippen molar-refractivity contribution in [1.82, 2.24) is 16.0 Å². The van der Waals surface area contributed by atoms with Crippen molar-refractivity contribution in [2.75, 3.05) is 0 Å². The van der Waals surface area contributed by atoms with Crippen molar-refractivity contribution in [3.05, 3.63) is 34.9 Å². The molecular weight excluding hydrogens is 715 g/mol. The summed E-state index contributed by atoms with van der Waals surface area (Å²) in [5.41, 5.74) is 3.52. The SMILES string of the molecule is CC1(C)CC(OC(=O)CCCCc2ccc(CCCCC(=O)OC3CC(C)(C)NC(C)(C)C3)c(CCCCC(=O)OC3CC(C)(C)NC(C)(C)C3)c2)CC(C)(C)N1. The van der Waals surface area contributed by atoms with E-state index in [4.69, 9.17) is 14.2 Å². The van der Waals surface area contributed by atoms with Gasteiger partial charge in [0.15, 0.2) is 0 Å². The molecule has 0 amide bonds. The van der Waals surface area contributed by atoms with E-state index in [1.807, 2.05) is 0 Å². The fraction of sp³-hybridized carbons (Fsp3) is 0.812. The molecule has 4 rings (SSSR count). The van der Waals surface area contributed by atoms with Crippen molar-refractivity contribution in [1.29, 1.82) is 0 Å². The summed E-state index contributed by atoms with van der Waals surface area (Å²) in [5.74, 6) is -0.292. The predicted octanol–water partition coefficient (Wildman–Crippen LogP) is 9.38. The first-order valence-electron chi connectivity index (χ1n) is 22.4. The van der Waals surface area contributed by atoms with E-state index in [1.165, 1.54) is 16.7 Å². The van der Waals surface area contributed by atoms with Crippen LogP contribution in [0.4, 0.5) is 0 Å². The highest BCUT2D eigenvalue weighted by Gasteiger charge is 2.41. The van der Waals surface area contributed by atoms with Gasteiger partial charge in [0, 0.05) is 91.0 Å². The molecule has 9 nitrogen and oxygen atoms in total. The highest BCUT2D eigenvalue weighted by molar-refractivity contribution is 5.70. The van der Waals surface area contributed by atoms with Crippen molar-refractivity contribution < 1.29 is 28.6 Å². The van der Waals surface area contributed by atoms with E-state index in [9.17, 15) is 14.4 Å². The van der Waals surface area contributed by atoms with Crippen molar-refractivity contribution in [2.24, 2.45) is 0 Å². The lowest BCUT2D eigenvalue weighted by molar-refractivity contribution is -0.154. The van der Waals surface area contributed by atoms with Crippen LogP contribution in [0.5, 0.6) is 0 Å². The molecule has 57 heavy (non-hydrogen) atoms. The number of nitrogens with one attached hydrogen (secondary N) is 3. The Balaban J connectivity index is 1.27. The molecule has 3 N–H and O–H groups in total. The van der Waals surface area contributed by atoms with Crippen molar-refractivity contribution in [2.45, 2.75) is 250 Å². The Morgan fingerprint density at radius 2 is 0.754 bits per heavy atom. The Morgan fingerprint density at radius 3 is 1.09 bits per heavy atom. The van der Waals surface area contributed by atoms with Gasteiger partial charge >= 0.3 is 17.9 Å². The van der Waals surface area contributed by atoms with Gasteiger partial charge in [-0.05, 0) is 158 Å². The predicted molar refractivity (Wildman–Crippen MR) is 230 cm³/mol. The number of hydrogen-bond acceptors (Lipinski definition) is 9. The van der Waals surface area contributed by atoms with E-state index < -0.39 is 0 Å². The zero-order valence-electron chi connectivity index (χ0n) is 38.1. The lowest BCUT2D eigenvalue weighted by atomic mass is 9.81. The molecule has 0 radical (unpaired) electrons. The van der Waals surface area contributed by atoms with Gasteiger partial charge in [-0.1, -0.05) is 18.2 Å². The molecule has 0 saturated carbocycles. The maximum absolute atomic E-state index is 12.9. The molecule has 3 saturated heterocycles. The molecule has 0 atom stereocenters. The zero-order valence-corrected chi connectivity index (χ0v) is 38.1. The van der Waals surface area contributed by atoms with Gasteiger partial charge in [0.1, 0.15) is 18.3 Å². The van der Waals surface area contributed by atoms with Gasteiger partial charge in [0.25, 0.3) is 0 Å². The highest BCUT2D eigenvalue weighted by Crippen LogP contribution is 2.33. The Labute approximate surface area is 346 Å². The second-order valence-electron chi connectivity index (χ2n) is 22.0. The van der Waals surface area contributed by atoms with E-state index in [-0.39, 0.29) is 69.5 Å². The molecule has 0 spiro atoms. The number of ether oxygens (including phenoxy) is 3. The number of carbonyl (C=O) groups excluding carboxylic acids is 3. The van der Waals surface area contributed by atoms with Crippen LogP contribution in [0, 0.1) is 0 Å². The van der Waals surface area contributed by atoms with Crippen LogP contribution < -0.4 is 16.0 Å². The van der Waals surface area contributed by atoms with Crippen LogP contribution in [0.15, 0.2) is 18.2 Å². The number of piperidine rings is 3. The average molecular weight is 796 g/mol. The van der Waals surface area contributed by atoms with E-state index >= 15 is 0 Å². The van der Waals surface area contributed by atoms with Crippen molar-refractivity contribution in [3.63, 3.8) is 0 Å². The second-order valence-corrected chi connectivity index (χ2v) is 22.0. The van der Waals surface area contributed by atoms with Crippen molar-refractivity contribution >= 4 is 17.9 Å². The molecule has 1 aromatic carbocycles. The van der Waals surface area contributed by atoms with Crippen LogP contribution in [0.1, 0.15) is 196 Å². The lowest BCUT2D eigenvalue weighted by Crippen LogP contribution is -2.59. The monoisotopic (exact) mass is 796 g/mol. The molecule has 3 aliphatic heterocycles. The summed E-state index contributed by atoms with van der Waals surface area (Å²) in [4.78, 5) is 38.6. The summed E-state index contributed by atoms with van der Waals surface area (Å²) in [6.45, 7) is 26.1. The van der Waals surface area contributed by atoms with Gasteiger partial charge in [-0.15, -0.1) is 0 Å². The number of aryl methyl sites for hydroxylation is 3. The van der Waals surface area contributed by atoms with Gasteiger partial charge < -0.3 is 30.2 Å². The van der Waals surface area contributed by atoms with E-state index in [1.54, 1.807) is 0 Å². The summed E-state index contributed by atoms with van der Waals surface area (Å²) < 4.78 is 17.9. The van der Waals surface area contributed by atoms with Crippen LogP contribution in [0.3, 0.4) is 0 Å². The normalized spacial score (nSPS) is 22.7. The van der Waals surface area contributed by atoms with Crippen LogP contribution in [0.2, 0.25) is 0 Å². The lowest BCUT2D eigenvalue weighted by Gasteiger charge is -2.46. The van der Waals surface area contributed by atoms with Gasteiger partial charge in [-0.2, -0.15) is 0 Å². The third-order valence-electron chi connectivity index (χ3n) is 11.9. The average Bonchev–Trinajstić information content (AvgIpc) is 2.99. The molecule has 0 aliphatic carbocycles. The summed E-state index contributed by atoms with van der Waals surface area (Å²) in [6, 6.07) is 6.82. The molecule has 324 valence electrons. The molecule has 3 aliphatic rings. The summed E-state index contributed by atoms with van der Waals surface area (Å²) in [5, 5.41) is 11.0. The standard InChI is InChI=1S/C48H81N3O6/c1-43(2)28-37(29-44(3,4)49-43)55-40(52)22-16-13-19-34-25-26-35(20-14-17-23-41(53)56-38-30-45(5,6)50-46(7,8)31-38)36(27-34)21-15-18-24-42(54)57-39-32-47(9,10)51-48(11,12)33-39/h25-27,37-39,49-51H,13-24,28-33H2,1-12H3. The van der Waals surface area contributed by atoms with Crippen molar-refractivity contribution in [3.8, 4) is 0 Å². The number of benzene rings is 1. The molecule has 3 fully saturated rings. The Kier molecular flexibility index (Phi) is 16.0. The number of unbranched alkanes of at least 4 members (excludes halogenated alkanes) is 3. The van der Waals surface area contributed by atoms with E-state index in [2.05, 4.69) is 117 Å². The van der Waals surface area contributed by atoms with Gasteiger partial charge in [-0.3, -0.25) is 14.4 Å². The van der Waals surface area contributed by atoms with Gasteiger partial charge in [-0.25, -0.2) is 0 Å². The second kappa shape index (κ2) is 19.3. The molecular formula is C48H81N3O6. The number of esters is 3. The molecule has 9 heteroatoms. The van der Waals surface area contributed by atoms with Gasteiger partial charge in [0.2, 0.25) is 0 Å². The number of rotatable bonds is 18. The highest BCUT2D eigenvalue weighted by atomic mass is 16.6. The van der Waals surface area contributed by atoms with Gasteiger partial charge in [0.05, 0.1) is 0 Å². The largest absolute Gasteiger partial charge is 0.462 e.